The largest absolute Gasteiger partial charge is 0.383 e. The first-order valence-corrected chi connectivity index (χ1v) is 8.13. The van der Waals surface area contributed by atoms with Gasteiger partial charge in [0, 0.05) is 22.4 Å². The van der Waals surface area contributed by atoms with E-state index in [9.17, 15) is 0 Å². The number of aromatic nitrogens is 1. The van der Waals surface area contributed by atoms with Gasteiger partial charge in [-0.1, -0.05) is 52.3 Å². The Balaban J connectivity index is 2.09. The zero-order chi connectivity index (χ0) is 15.9. The summed E-state index contributed by atoms with van der Waals surface area (Å²) in [6.45, 7) is 0. The zero-order valence-electron chi connectivity index (χ0n) is 12.3. The highest BCUT2D eigenvalue weighted by Gasteiger charge is 2.42. The predicted octanol–water partition coefficient (Wildman–Crippen LogP) is 3.85. The highest BCUT2D eigenvalue weighted by Crippen LogP contribution is 2.45. The van der Waals surface area contributed by atoms with Crippen molar-refractivity contribution in [3.63, 3.8) is 0 Å². The third-order valence-corrected chi connectivity index (χ3v) is 4.71. The predicted molar refractivity (Wildman–Crippen MR) is 95.4 cm³/mol. The summed E-state index contributed by atoms with van der Waals surface area (Å²) in [4.78, 5) is 9.06. The van der Waals surface area contributed by atoms with Crippen molar-refractivity contribution in [2.75, 3.05) is 0 Å². The molecule has 0 saturated heterocycles. The van der Waals surface area contributed by atoms with Crippen LogP contribution < -0.4 is 5.73 Å². The van der Waals surface area contributed by atoms with E-state index in [-0.39, 0.29) is 0 Å². The zero-order valence-corrected chi connectivity index (χ0v) is 13.9. The second-order valence-corrected chi connectivity index (χ2v) is 6.41. The van der Waals surface area contributed by atoms with Gasteiger partial charge in [0.25, 0.3) is 0 Å². The van der Waals surface area contributed by atoms with Gasteiger partial charge in [0.05, 0.1) is 0 Å². The minimum absolute atomic E-state index is 0.567. The Morgan fingerprint density at radius 3 is 2.43 bits per heavy atom. The third-order valence-electron chi connectivity index (χ3n) is 4.22. The standard InChI is InChI=1S/C19H14BrN3/c20-15-5-3-4-14(12-15)19(13-8-10-22-11-9-13)17-7-2-1-6-16(17)18(21)23-19/h1-12H,(H2,21,23)/t19-/m1/s1. The molecule has 0 radical (unpaired) electrons. The summed E-state index contributed by atoms with van der Waals surface area (Å²) in [6.07, 6.45) is 3.59. The van der Waals surface area contributed by atoms with E-state index in [1.54, 1.807) is 12.4 Å². The number of halogens is 1. The Bertz CT molecular complexity index is 905. The molecule has 4 rings (SSSR count). The van der Waals surface area contributed by atoms with Gasteiger partial charge in [-0.05, 0) is 41.0 Å². The number of hydrogen-bond acceptors (Lipinski definition) is 3. The number of benzene rings is 2. The number of aliphatic imine (C=N–C) groups is 1. The fourth-order valence-electron chi connectivity index (χ4n) is 3.24. The topological polar surface area (TPSA) is 51.3 Å². The van der Waals surface area contributed by atoms with Crippen LogP contribution in [0.1, 0.15) is 22.3 Å². The molecule has 0 aliphatic carbocycles. The molecular formula is C19H14BrN3. The van der Waals surface area contributed by atoms with Gasteiger partial charge in [-0.25, -0.2) is 4.99 Å². The van der Waals surface area contributed by atoms with Crippen molar-refractivity contribution in [1.82, 2.24) is 4.98 Å². The Hall–Kier alpha value is -2.46. The fraction of sp³-hybridized carbons (Fsp3) is 0.0526. The first-order valence-electron chi connectivity index (χ1n) is 7.33. The van der Waals surface area contributed by atoms with Gasteiger partial charge in [0.2, 0.25) is 0 Å². The van der Waals surface area contributed by atoms with E-state index < -0.39 is 5.54 Å². The lowest BCUT2D eigenvalue weighted by molar-refractivity contribution is 0.670. The van der Waals surface area contributed by atoms with E-state index in [0.717, 1.165) is 26.7 Å². The molecule has 1 aliphatic heterocycles. The molecule has 0 spiro atoms. The van der Waals surface area contributed by atoms with Gasteiger partial charge < -0.3 is 5.73 Å². The lowest BCUT2D eigenvalue weighted by Crippen LogP contribution is -2.25. The van der Waals surface area contributed by atoms with E-state index in [4.69, 9.17) is 10.7 Å². The van der Waals surface area contributed by atoms with Crippen molar-refractivity contribution in [1.29, 1.82) is 0 Å². The normalized spacial score (nSPS) is 19.3. The average Bonchev–Trinajstić information content (AvgIpc) is 2.90. The van der Waals surface area contributed by atoms with Crippen molar-refractivity contribution in [3.8, 4) is 0 Å². The molecular weight excluding hydrogens is 350 g/mol. The molecule has 2 aromatic carbocycles. The smallest absolute Gasteiger partial charge is 0.139 e. The van der Waals surface area contributed by atoms with Gasteiger partial charge in [-0.3, -0.25) is 4.98 Å². The van der Waals surface area contributed by atoms with Gasteiger partial charge in [0.1, 0.15) is 11.4 Å². The van der Waals surface area contributed by atoms with Crippen molar-refractivity contribution in [2.24, 2.45) is 10.7 Å². The SMILES string of the molecule is NC1=N[C@](c2ccncc2)(c2cccc(Br)c2)c2ccccc21. The second kappa shape index (κ2) is 5.32. The van der Waals surface area contributed by atoms with Gasteiger partial charge in [-0.15, -0.1) is 0 Å². The molecule has 0 bridgehead atoms. The quantitative estimate of drug-likeness (QED) is 0.751. The Kier molecular flexibility index (Phi) is 3.27. The van der Waals surface area contributed by atoms with Crippen LogP contribution in [0.3, 0.4) is 0 Å². The highest BCUT2D eigenvalue weighted by molar-refractivity contribution is 9.10. The number of nitrogens with zero attached hydrogens (tertiary/aromatic N) is 2. The van der Waals surface area contributed by atoms with Crippen LogP contribution in [-0.4, -0.2) is 10.8 Å². The van der Waals surface area contributed by atoms with Gasteiger partial charge in [0.15, 0.2) is 0 Å². The van der Waals surface area contributed by atoms with Crippen molar-refractivity contribution in [2.45, 2.75) is 5.54 Å². The third kappa shape index (κ3) is 2.10. The molecule has 1 aliphatic rings. The maximum absolute atomic E-state index is 6.26. The van der Waals surface area contributed by atoms with Crippen LogP contribution in [0.25, 0.3) is 0 Å². The molecule has 112 valence electrons. The molecule has 2 heterocycles. The van der Waals surface area contributed by atoms with Crippen LogP contribution in [0.5, 0.6) is 0 Å². The molecule has 1 atom stereocenters. The number of amidine groups is 1. The number of pyridine rings is 1. The Morgan fingerprint density at radius 1 is 0.870 bits per heavy atom. The maximum Gasteiger partial charge on any atom is 0.139 e. The van der Waals surface area contributed by atoms with Crippen LogP contribution in [0.15, 0.2) is 82.5 Å². The lowest BCUT2D eigenvalue weighted by atomic mass is 9.78. The van der Waals surface area contributed by atoms with Gasteiger partial charge >= 0.3 is 0 Å². The molecule has 4 heteroatoms. The number of fused-ring (bicyclic) bond motifs is 1. The van der Waals surface area contributed by atoms with Crippen LogP contribution >= 0.6 is 15.9 Å². The van der Waals surface area contributed by atoms with E-state index in [2.05, 4.69) is 39.1 Å². The molecule has 0 amide bonds. The van der Waals surface area contributed by atoms with Crippen LogP contribution in [0.2, 0.25) is 0 Å². The summed E-state index contributed by atoms with van der Waals surface area (Å²) in [5, 5.41) is 0. The molecule has 0 fully saturated rings. The van der Waals surface area contributed by atoms with Crippen LogP contribution in [0.4, 0.5) is 0 Å². The summed E-state index contributed by atoms with van der Waals surface area (Å²) in [7, 11) is 0. The molecule has 23 heavy (non-hydrogen) atoms. The Labute approximate surface area is 143 Å². The Morgan fingerprint density at radius 2 is 1.65 bits per heavy atom. The van der Waals surface area contributed by atoms with E-state index in [1.807, 2.05) is 42.5 Å². The maximum atomic E-state index is 6.26. The van der Waals surface area contributed by atoms with Crippen molar-refractivity contribution in [3.05, 3.63) is 99.8 Å². The first-order chi connectivity index (χ1) is 11.2. The number of nitrogens with two attached hydrogens (primary N) is 1. The van der Waals surface area contributed by atoms with Gasteiger partial charge in [-0.2, -0.15) is 0 Å². The van der Waals surface area contributed by atoms with E-state index >= 15 is 0 Å². The summed E-state index contributed by atoms with van der Waals surface area (Å²) in [6, 6.07) is 20.4. The lowest BCUT2D eigenvalue weighted by Gasteiger charge is -2.29. The van der Waals surface area contributed by atoms with E-state index in [0.29, 0.717) is 5.84 Å². The highest BCUT2D eigenvalue weighted by atomic mass is 79.9. The minimum atomic E-state index is -0.632. The molecule has 1 aromatic heterocycles. The van der Waals surface area contributed by atoms with Crippen molar-refractivity contribution < 1.29 is 0 Å². The fourth-order valence-corrected chi connectivity index (χ4v) is 3.64. The average molecular weight is 364 g/mol. The summed E-state index contributed by atoms with van der Waals surface area (Å²) in [5.74, 6) is 0.567. The molecule has 3 nitrogen and oxygen atoms in total. The van der Waals surface area contributed by atoms with Crippen LogP contribution in [0, 0.1) is 0 Å². The monoisotopic (exact) mass is 363 g/mol. The summed E-state index contributed by atoms with van der Waals surface area (Å²) >= 11 is 3.57. The first kappa shape index (κ1) is 14.2. The summed E-state index contributed by atoms with van der Waals surface area (Å²) < 4.78 is 1.02. The molecule has 3 aromatic rings. The summed E-state index contributed by atoms with van der Waals surface area (Å²) in [5.41, 5.74) is 9.84. The minimum Gasteiger partial charge on any atom is -0.383 e. The number of rotatable bonds is 2. The van der Waals surface area contributed by atoms with Crippen LogP contribution in [-0.2, 0) is 5.54 Å². The molecule has 2 N–H and O–H groups in total. The van der Waals surface area contributed by atoms with Crippen molar-refractivity contribution >= 4 is 21.8 Å². The van der Waals surface area contributed by atoms with E-state index in [1.165, 1.54) is 0 Å². The second-order valence-electron chi connectivity index (χ2n) is 5.50. The molecule has 0 unspecified atom stereocenters. The molecule has 0 saturated carbocycles. The number of hydrogen-bond donors (Lipinski definition) is 1.